The Morgan fingerprint density at radius 2 is 1.72 bits per heavy atom. The van der Waals surface area contributed by atoms with Crippen LogP contribution in [-0.4, -0.2) is 45.4 Å². The number of benzene rings is 3. The third kappa shape index (κ3) is 4.56. The van der Waals surface area contributed by atoms with Crippen molar-refractivity contribution in [2.45, 2.75) is 32.5 Å². The zero-order chi connectivity index (χ0) is 25.2. The van der Waals surface area contributed by atoms with Crippen molar-refractivity contribution in [2.24, 2.45) is 0 Å². The highest BCUT2D eigenvalue weighted by molar-refractivity contribution is 6.02. The summed E-state index contributed by atoms with van der Waals surface area (Å²) in [6.45, 7) is 4.89. The van der Waals surface area contributed by atoms with E-state index in [1.54, 1.807) is 21.9 Å². The van der Waals surface area contributed by atoms with Gasteiger partial charge in [0.05, 0.1) is 11.7 Å². The monoisotopic (exact) mass is 484 g/mol. The molecular formula is C29H29FN4O2. The Labute approximate surface area is 209 Å². The average Bonchev–Trinajstić information content (AvgIpc) is 3.36. The predicted molar refractivity (Wildman–Crippen MR) is 139 cm³/mol. The van der Waals surface area contributed by atoms with Crippen molar-refractivity contribution in [3.8, 4) is 0 Å². The number of nitrogens with one attached hydrogen (secondary N) is 1. The van der Waals surface area contributed by atoms with Gasteiger partial charge < -0.3 is 19.7 Å². The molecule has 4 aromatic rings. The summed E-state index contributed by atoms with van der Waals surface area (Å²) in [6.07, 6.45) is 1.99. The molecule has 0 saturated heterocycles. The van der Waals surface area contributed by atoms with E-state index in [4.69, 9.17) is 0 Å². The summed E-state index contributed by atoms with van der Waals surface area (Å²) in [7, 11) is 0. The van der Waals surface area contributed by atoms with Crippen LogP contribution in [0.1, 0.15) is 31.1 Å². The fourth-order valence-corrected chi connectivity index (χ4v) is 4.89. The number of fused-ring (bicyclic) bond motifs is 2. The molecule has 184 valence electrons. The fraction of sp³-hybridized carbons (Fsp3) is 0.241. The maximum Gasteiger partial charge on any atom is 0.322 e. The number of carbonyl (C=O) groups excluding carboxylic acids is 2. The number of halogens is 1. The van der Waals surface area contributed by atoms with E-state index in [1.165, 1.54) is 12.1 Å². The Balaban J connectivity index is 1.39. The Morgan fingerprint density at radius 1 is 0.972 bits per heavy atom. The van der Waals surface area contributed by atoms with Gasteiger partial charge in [0, 0.05) is 36.4 Å². The minimum atomic E-state index is -0.350. The molecule has 0 fully saturated rings. The maximum absolute atomic E-state index is 13.7. The summed E-state index contributed by atoms with van der Waals surface area (Å²) in [5.74, 6) is -0.475. The van der Waals surface area contributed by atoms with Crippen LogP contribution in [0.5, 0.6) is 0 Å². The van der Waals surface area contributed by atoms with Gasteiger partial charge >= 0.3 is 6.03 Å². The van der Waals surface area contributed by atoms with Gasteiger partial charge in [-0.05, 0) is 55.1 Å². The molecule has 1 atom stereocenters. The van der Waals surface area contributed by atoms with E-state index in [2.05, 4.69) is 9.88 Å². The first-order chi connectivity index (χ1) is 17.4. The molecule has 0 aliphatic carbocycles. The molecule has 1 aliphatic rings. The standard InChI is InChI=1S/C29H29FN4O2/c1-20(2)34(29(36)31-25-10-5-8-21-7-3-4-9-24(21)25)19-27(35)33-18-17-32-16-6-11-26(32)28(33)22-12-14-23(30)15-13-22/h3-16,20,28H,17-19H2,1-2H3,(H,31,36). The number of hydrogen-bond donors (Lipinski definition) is 1. The normalized spacial score (nSPS) is 15.1. The van der Waals surface area contributed by atoms with Gasteiger partial charge in [-0.15, -0.1) is 0 Å². The Morgan fingerprint density at radius 3 is 2.50 bits per heavy atom. The molecule has 3 aromatic carbocycles. The lowest BCUT2D eigenvalue weighted by atomic mass is 9.99. The quantitative estimate of drug-likeness (QED) is 0.398. The van der Waals surface area contributed by atoms with E-state index >= 15 is 0 Å². The molecule has 1 aliphatic heterocycles. The number of aromatic nitrogens is 1. The number of anilines is 1. The van der Waals surface area contributed by atoms with Gasteiger partial charge in [-0.2, -0.15) is 0 Å². The molecule has 0 spiro atoms. The van der Waals surface area contributed by atoms with Crippen LogP contribution >= 0.6 is 0 Å². The number of hydrogen-bond acceptors (Lipinski definition) is 2. The van der Waals surface area contributed by atoms with Crippen LogP contribution in [0, 0.1) is 5.82 Å². The van der Waals surface area contributed by atoms with E-state index in [9.17, 15) is 14.0 Å². The molecule has 0 bridgehead atoms. The van der Waals surface area contributed by atoms with Gasteiger partial charge in [0.1, 0.15) is 12.4 Å². The van der Waals surface area contributed by atoms with Crippen molar-refractivity contribution in [3.05, 3.63) is 102 Å². The Bertz CT molecular complexity index is 1390. The van der Waals surface area contributed by atoms with Crippen LogP contribution < -0.4 is 5.32 Å². The van der Waals surface area contributed by atoms with Crippen molar-refractivity contribution in [2.75, 3.05) is 18.4 Å². The predicted octanol–water partition coefficient (Wildman–Crippen LogP) is 5.65. The van der Waals surface area contributed by atoms with E-state index in [0.29, 0.717) is 18.8 Å². The summed E-state index contributed by atoms with van der Waals surface area (Å²) in [5.41, 5.74) is 2.51. The first kappa shape index (κ1) is 23.6. The topological polar surface area (TPSA) is 57.6 Å². The fourth-order valence-electron chi connectivity index (χ4n) is 4.89. The molecule has 6 nitrogen and oxygen atoms in total. The zero-order valence-corrected chi connectivity index (χ0v) is 20.4. The van der Waals surface area contributed by atoms with Gasteiger partial charge in [-0.1, -0.05) is 48.5 Å². The zero-order valence-electron chi connectivity index (χ0n) is 20.4. The number of urea groups is 1. The van der Waals surface area contributed by atoms with Crippen LogP contribution in [0.15, 0.2) is 85.1 Å². The first-order valence-corrected chi connectivity index (χ1v) is 12.2. The molecular weight excluding hydrogens is 455 g/mol. The molecule has 0 saturated carbocycles. The lowest BCUT2D eigenvalue weighted by molar-refractivity contribution is -0.134. The lowest BCUT2D eigenvalue weighted by Crippen LogP contribution is -2.50. The molecule has 36 heavy (non-hydrogen) atoms. The van der Waals surface area contributed by atoms with Crippen LogP contribution in [0.3, 0.4) is 0 Å². The molecule has 3 amide bonds. The number of amides is 3. The minimum absolute atomic E-state index is 0.0628. The number of nitrogens with zero attached hydrogens (tertiary/aromatic N) is 3. The van der Waals surface area contributed by atoms with E-state index in [-0.39, 0.29) is 36.4 Å². The van der Waals surface area contributed by atoms with Crippen LogP contribution in [0.25, 0.3) is 10.8 Å². The summed E-state index contributed by atoms with van der Waals surface area (Å²) in [6, 6.07) is 23.0. The second kappa shape index (κ2) is 9.85. The second-order valence-electron chi connectivity index (χ2n) is 9.35. The highest BCUT2D eigenvalue weighted by atomic mass is 19.1. The minimum Gasteiger partial charge on any atom is -0.348 e. The van der Waals surface area contributed by atoms with Gasteiger partial charge in [0.25, 0.3) is 0 Å². The Hall–Kier alpha value is -4.13. The number of rotatable bonds is 5. The van der Waals surface area contributed by atoms with E-state index in [1.807, 2.05) is 74.6 Å². The first-order valence-electron chi connectivity index (χ1n) is 12.2. The summed E-state index contributed by atoms with van der Waals surface area (Å²) >= 11 is 0. The summed E-state index contributed by atoms with van der Waals surface area (Å²) < 4.78 is 15.8. The molecule has 7 heteroatoms. The van der Waals surface area contributed by atoms with Crippen molar-refractivity contribution in [1.82, 2.24) is 14.4 Å². The van der Waals surface area contributed by atoms with Crippen molar-refractivity contribution < 1.29 is 14.0 Å². The summed E-state index contributed by atoms with van der Waals surface area (Å²) in [5, 5.41) is 4.98. The Kier molecular flexibility index (Phi) is 6.46. The molecule has 1 N–H and O–H groups in total. The van der Waals surface area contributed by atoms with Crippen LogP contribution in [-0.2, 0) is 11.3 Å². The highest BCUT2D eigenvalue weighted by Crippen LogP contribution is 2.33. The molecule has 5 rings (SSSR count). The van der Waals surface area contributed by atoms with Crippen LogP contribution in [0.2, 0.25) is 0 Å². The molecule has 1 unspecified atom stereocenters. The van der Waals surface area contributed by atoms with E-state index < -0.39 is 0 Å². The van der Waals surface area contributed by atoms with Gasteiger partial charge in [-0.3, -0.25) is 4.79 Å². The average molecular weight is 485 g/mol. The largest absolute Gasteiger partial charge is 0.348 e. The van der Waals surface area contributed by atoms with Gasteiger partial charge in [0.15, 0.2) is 0 Å². The third-order valence-corrected chi connectivity index (χ3v) is 6.77. The van der Waals surface area contributed by atoms with Crippen molar-refractivity contribution in [3.63, 3.8) is 0 Å². The SMILES string of the molecule is CC(C)N(CC(=O)N1CCn2cccc2C1c1ccc(F)cc1)C(=O)Nc1cccc2ccccc12. The van der Waals surface area contributed by atoms with Crippen molar-refractivity contribution in [1.29, 1.82) is 0 Å². The smallest absolute Gasteiger partial charge is 0.322 e. The maximum atomic E-state index is 13.7. The van der Waals surface area contributed by atoms with Gasteiger partial charge in [0.2, 0.25) is 5.91 Å². The summed E-state index contributed by atoms with van der Waals surface area (Å²) in [4.78, 5) is 30.4. The molecule has 1 aromatic heterocycles. The third-order valence-electron chi connectivity index (χ3n) is 6.77. The van der Waals surface area contributed by atoms with Crippen LogP contribution in [0.4, 0.5) is 14.9 Å². The van der Waals surface area contributed by atoms with E-state index in [0.717, 1.165) is 22.0 Å². The number of carbonyl (C=O) groups is 2. The van der Waals surface area contributed by atoms with Crippen molar-refractivity contribution >= 4 is 28.4 Å². The molecule has 2 heterocycles. The molecule has 0 radical (unpaired) electrons. The second-order valence-corrected chi connectivity index (χ2v) is 9.35. The van der Waals surface area contributed by atoms with Gasteiger partial charge in [-0.25, -0.2) is 9.18 Å². The highest BCUT2D eigenvalue weighted by Gasteiger charge is 2.34. The lowest BCUT2D eigenvalue weighted by Gasteiger charge is -2.39.